The van der Waals surface area contributed by atoms with Gasteiger partial charge in [-0.3, -0.25) is 14.5 Å². The van der Waals surface area contributed by atoms with Crippen molar-refractivity contribution in [2.45, 2.75) is 58.8 Å². The van der Waals surface area contributed by atoms with Crippen molar-refractivity contribution in [1.82, 2.24) is 10.2 Å². The van der Waals surface area contributed by atoms with Gasteiger partial charge in [-0.15, -0.1) is 0 Å². The summed E-state index contributed by atoms with van der Waals surface area (Å²) in [5.74, 6) is -3.54. The third-order valence-electron chi connectivity index (χ3n) is 6.78. The van der Waals surface area contributed by atoms with E-state index in [0.29, 0.717) is 42.5 Å². The molecule has 12 heteroatoms. The third kappa shape index (κ3) is 8.54. The summed E-state index contributed by atoms with van der Waals surface area (Å²) in [6.07, 6.45) is -4.28. The first kappa shape index (κ1) is 31.6. The van der Waals surface area contributed by atoms with Gasteiger partial charge in [-0.1, -0.05) is 38.4 Å². The van der Waals surface area contributed by atoms with E-state index < -0.39 is 35.7 Å². The fourth-order valence-corrected chi connectivity index (χ4v) is 4.89. The van der Waals surface area contributed by atoms with E-state index in [9.17, 15) is 31.5 Å². The van der Waals surface area contributed by atoms with Crippen LogP contribution in [-0.2, 0) is 11.3 Å². The molecule has 0 saturated carbocycles. The fraction of sp³-hybridized carbons (Fsp3) is 0.500. The molecule has 3 rings (SSSR count). The van der Waals surface area contributed by atoms with Gasteiger partial charge in [-0.05, 0) is 36.6 Å². The van der Waals surface area contributed by atoms with Crippen molar-refractivity contribution in [3.05, 3.63) is 58.1 Å². The Kier molecular flexibility index (Phi) is 10.8. The van der Waals surface area contributed by atoms with E-state index in [1.54, 1.807) is 25.1 Å². The maximum absolute atomic E-state index is 14.8. The van der Waals surface area contributed by atoms with Crippen molar-refractivity contribution >= 4 is 34.8 Å². The number of carbonyl (C=O) groups excluding carboxylic acids is 2. The Morgan fingerprint density at radius 1 is 1.10 bits per heavy atom. The van der Waals surface area contributed by atoms with Gasteiger partial charge in [0.2, 0.25) is 5.91 Å². The minimum Gasteiger partial charge on any atom is -0.367 e. The second-order valence-electron chi connectivity index (χ2n) is 10.3. The molecule has 0 radical (unpaired) electrons. The van der Waals surface area contributed by atoms with E-state index in [4.69, 9.17) is 11.6 Å². The van der Waals surface area contributed by atoms with Crippen LogP contribution >= 0.6 is 11.6 Å². The Morgan fingerprint density at radius 3 is 2.48 bits per heavy atom. The molecule has 6 nitrogen and oxygen atoms in total. The van der Waals surface area contributed by atoms with Crippen LogP contribution in [0.4, 0.5) is 33.3 Å². The second-order valence-corrected chi connectivity index (χ2v) is 10.7. The van der Waals surface area contributed by atoms with E-state index in [-0.39, 0.29) is 42.9 Å². The molecule has 1 fully saturated rings. The normalized spacial score (nSPS) is 16.4. The Labute approximate surface area is 235 Å². The standard InChI is InChI=1S/C28H34ClF5N4O2/c1-4-24(39)35-15-18-5-7-21(26(31)25(18)30)27(40)36-22-8-6-19(29)14-23(22)38-12-11-37(10-9-28(32,33)34)20(16-38)13-17(2)3/h5-8,14,17,20H,4,9-13,15-16H2,1-3H3,(H,35,39)(H,36,40). The molecular formula is C28H34ClF5N4O2. The number of benzene rings is 2. The van der Waals surface area contributed by atoms with Crippen LogP contribution in [0.3, 0.4) is 0 Å². The molecule has 0 aromatic heterocycles. The first-order chi connectivity index (χ1) is 18.8. The summed E-state index contributed by atoms with van der Waals surface area (Å²) >= 11 is 6.25. The summed E-state index contributed by atoms with van der Waals surface area (Å²) in [5, 5.41) is 5.47. The number of nitrogens with one attached hydrogen (secondary N) is 2. The van der Waals surface area contributed by atoms with Gasteiger partial charge in [0.05, 0.1) is 23.4 Å². The molecule has 1 heterocycles. The lowest BCUT2D eigenvalue weighted by atomic mass is 9.99. The number of rotatable bonds is 10. The quantitative estimate of drug-likeness (QED) is 0.316. The topological polar surface area (TPSA) is 64.7 Å². The Balaban J connectivity index is 1.81. The van der Waals surface area contributed by atoms with Crippen LogP contribution in [0.2, 0.25) is 5.02 Å². The van der Waals surface area contributed by atoms with Crippen molar-refractivity contribution in [1.29, 1.82) is 0 Å². The van der Waals surface area contributed by atoms with Gasteiger partial charge in [0.15, 0.2) is 11.6 Å². The van der Waals surface area contributed by atoms with Gasteiger partial charge in [0.25, 0.3) is 5.91 Å². The first-order valence-electron chi connectivity index (χ1n) is 13.2. The number of alkyl halides is 3. The van der Waals surface area contributed by atoms with Crippen molar-refractivity contribution in [3.8, 4) is 0 Å². The van der Waals surface area contributed by atoms with E-state index in [0.717, 1.165) is 6.07 Å². The van der Waals surface area contributed by atoms with Gasteiger partial charge >= 0.3 is 6.18 Å². The number of amides is 2. The van der Waals surface area contributed by atoms with Gasteiger partial charge in [0, 0.05) is 55.8 Å². The van der Waals surface area contributed by atoms with Gasteiger partial charge in [0.1, 0.15) is 0 Å². The van der Waals surface area contributed by atoms with Crippen LogP contribution in [0.15, 0.2) is 30.3 Å². The monoisotopic (exact) mass is 588 g/mol. The number of hydrogen-bond donors (Lipinski definition) is 2. The highest BCUT2D eigenvalue weighted by molar-refractivity contribution is 6.31. The number of piperazine rings is 1. The predicted octanol–water partition coefficient (Wildman–Crippen LogP) is 6.39. The summed E-state index contributed by atoms with van der Waals surface area (Å²) in [4.78, 5) is 28.3. The SMILES string of the molecule is CCC(=O)NCc1ccc(C(=O)Nc2ccc(Cl)cc2N2CCN(CCC(F)(F)F)C(CC(C)C)C2)c(F)c1F. The molecule has 0 bridgehead atoms. The van der Waals surface area contributed by atoms with Crippen LogP contribution < -0.4 is 15.5 Å². The molecule has 1 unspecified atom stereocenters. The van der Waals surface area contributed by atoms with Gasteiger partial charge in [-0.2, -0.15) is 13.2 Å². The average Bonchev–Trinajstić information content (AvgIpc) is 2.88. The average molecular weight is 589 g/mol. The van der Waals surface area contributed by atoms with Crippen LogP contribution in [0.25, 0.3) is 0 Å². The Morgan fingerprint density at radius 2 is 1.82 bits per heavy atom. The molecular weight excluding hydrogens is 555 g/mol. The molecule has 0 aliphatic carbocycles. The van der Waals surface area contributed by atoms with Crippen molar-refractivity contribution < 1.29 is 31.5 Å². The molecule has 1 aliphatic heterocycles. The van der Waals surface area contributed by atoms with E-state index in [2.05, 4.69) is 10.6 Å². The zero-order chi connectivity index (χ0) is 29.6. The summed E-state index contributed by atoms with van der Waals surface area (Å²) in [6, 6.07) is 6.95. The van der Waals surface area contributed by atoms with Crippen LogP contribution in [0.5, 0.6) is 0 Å². The number of carbonyl (C=O) groups is 2. The lowest BCUT2D eigenvalue weighted by Crippen LogP contribution is -2.54. The first-order valence-corrected chi connectivity index (χ1v) is 13.6. The largest absolute Gasteiger partial charge is 0.390 e. The van der Waals surface area contributed by atoms with Crippen molar-refractivity contribution in [2.24, 2.45) is 5.92 Å². The zero-order valence-electron chi connectivity index (χ0n) is 22.7. The summed E-state index contributed by atoms with van der Waals surface area (Å²) in [6.45, 7) is 6.48. The summed E-state index contributed by atoms with van der Waals surface area (Å²) in [7, 11) is 0. The number of nitrogens with zero attached hydrogens (tertiary/aromatic N) is 2. The predicted molar refractivity (Wildman–Crippen MR) is 146 cm³/mol. The molecule has 220 valence electrons. The zero-order valence-corrected chi connectivity index (χ0v) is 23.4. The molecule has 2 aromatic rings. The molecule has 1 saturated heterocycles. The summed E-state index contributed by atoms with van der Waals surface area (Å²) < 4.78 is 68.2. The minimum absolute atomic E-state index is 0.0948. The molecule has 40 heavy (non-hydrogen) atoms. The minimum atomic E-state index is -4.25. The summed E-state index contributed by atoms with van der Waals surface area (Å²) in [5.41, 5.74) is 0.228. The third-order valence-corrected chi connectivity index (χ3v) is 7.02. The highest BCUT2D eigenvalue weighted by Gasteiger charge is 2.33. The Bertz CT molecular complexity index is 1210. The number of anilines is 2. The van der Waals surface area contributed by atoms with E-state index >= 15 is 0 Å². The maximum atomic E-state index is 14.8. The van der Waals surface area contributed by atoms with Crippen molar-refractivity contribution in [2.75, 3.05) is 36.4 Å². The Hall–Kier alpha value is -2.92. The van der Waals surface area contributed by atoms with Crippen molar-refractivity contribution in [3.63, 3.8) is 0 Å². The molecule has 2 aromatic carbocycles. The van der Waals surface area contributed by atoms with E-state index in [1.165, 1.54) is 6.07 Å². The lowest BCUT2D eigenvalue weighted by molar-refractivity contribution is -0.139. The smallest absolute Gasteiger partial charge is 0.367 e. The maximum Gasteiger partial charge on any atom is 0.390 e. The second kappa shape index (κ2) is 13.6. The fourth-order valence-electron chi connectivity index (χ4n) is 4.73. The van der Waals surface area contributed by atoms with Crippen LogP contribution in [-0.4, -0.2) is 55.1 Å². The number of halogens is 6. The highest BCUT2D eigenvalue weighted by Crippen LogP contribution is 2.33. The van der Waals surface area contributed by atoms with Gasteiger partial charge in [-0.25, -0.2) is 8.78 Å². The van der Waals surface area contributed by atoms with E-state index in [1.807, 2.05) is 23.6 Å². The molecule has 2 amide bonds. The molecule has 1 atom stereocenters. The van der Waals surface area contributed by atoms with Crippen LogP contribution in [0, 0.1) is 17.6 Å². The highest BCUT2D eigenvalue weighted by atomic mass is 35.5. The van der Waals surface area contributed by atoms with Gasteiger partial charge < -0.3 is 15.5 Å². The molecule has 0 spiro atoms. The van der Waals surface area contributed by atoms with Crippen LogP contribution in [0.1, 0.15) is 56.0 Å². The lowest BCUT2D eigenvalue weighted by Gasteiger charge is -2.43. The molecule has 2 N–H and O–H groups in total. The number of hydrogen-bond acceptors (Lipinski definition) is 4. The molecule has 1 aliphatic rings.